The summed E-state index contributed by atoms with van der Waals surface area (Å²) in [6.07, 6.45) is 1.68. The van der Waals surface area contributed by atoms with Crippen molar-refractivity contribution in [3.05, 3.63) is 81.1 Å². The molecule has 4 aliphatic rings. The van der Waals surface area contributed by atoms with Gasteiger partial charge in [-0.05, 0) is 48.0 Å². The van der Waals surface area contributed by atoms with E-state index in [1.54, 1.807) is 24.3 Å². The first kappa shape index (κ1) is 21.6. The Morgan fingerprint density at radius 1 is 0.917 bits per heavy atom. The van der Waals surface area contributed by atoms with Crippen LogP contribution in [0, 0.1) is 0 Å². The second-order valence-electron chi connectivity index (χ2n) is 8.90. The third kappa shape index (κ3) is 3.65. The summed E-state index contributed by atoms with van der Waals surface area (Å²) in [7, 11) is 0. The fourth-order valence-electron chi connectivity index (χ4n) is 4.86. The second-order valence-corrected chi connectivity index (χ2v) is 9.34. The molecule has 0 bridgehead atoms. The summed E-state index contributed by atoms with van der Waals surface area (Å²) in [6, 6.07) is 13.0. The van der Waals surface area contributed by atoms with Crippen LogP contribution in [-0.2, 0) is 24.4 Å². The molecular weight excluding hydrogens is 486 g/mol. The molecule has 0 fully saturated rings. The Kier molecular flexibility index (Phi) is 5.06. The van der Waals surface area contributed by atoms with Crippen LogP contribution in [0.3, 0.4) is 0 Å². The molecule has 36 heavy (non-hydrogen) atoms. The molecule has 4 aliphatic heterocycles. The van der Waals surface area contributed by atoms with E-state index in [4.69, 9.17) is 40.0 Å². The van der Waals surface area contributed by atoms with E-state index in [-0.39, 0.29) is 25.1 Å². The van der Waals surface area contributed by atoms with E-state index in [9.17, 15) is 4.79 Å². The molecule has 182 valence electrons. The highest BCUT2D eigenvalue weighted by Gasteiger charge is 2.34. The molecule has 0 N–H and O–H groups in total. The monoisotopic (exact) mass is 505 g/mol. The minimum atomic E-state index is -0.193. The lowest BCUT2D eigenvalue weighted by Gasteiger charge is -2.29. The molecule has 3 aromatic rings. The molecule has 0 amide bonds. The zero-order valence-corrected chi connectivity index (χ0v) is 19.8. The van der Waals surface area contributed by atoms with Crippen molar-refractivity contribution >= 4 is 23.5 Å². The van der Waals surface area contributed by atoms with Gasteiger partial charge in [-0.3, -0.25) is 9.69 Å². The number of ether oxygens (including phenoxy) is 6. The van der Waals surface area contributed by atoms with E-state index < -0.39 is 0 Å². The summed E-state index contributed by atoms with van der Waals surface area (Å²) < 4.78 is 34.1. The topological polar surface area (TPSA) is 75.7 Å². The summed E-state index contributed by atoms with van der Waals surface area (Å²) in [5, 5.41) is 0.530. The van der Waals surface area contributed by atoms with E-state index in [1.165, 1.54) is 0 Å². The number of benzene rings is 3. The summed E-state index contributed by atoms with van der Waals surface area (Å²) in [5.41, 5.74) is 3.92. The lowest BCUT2D eigenvalue weighted by molar-refractivity contribution is -0.0165. The molecule has 3 aromatic carbocycles. The van der Waals surface area contributed by atoms with Gasteiger partial charge in [-0.1, -0.05) is 17.7 Å². The average molecular weight is 506 g/mol. The van der Waals surface area contributed by atoms with Crippen LogP contribution < -0.4 is 23.7 Å². The molecule has 0 unspecified atom stereocenters. The van der Waals surface area contributed by atoms with Gasteiger partial charge in [0.2, 0.25) is 12.6 Å². The van der Waals surface area contributed by atoms with Crippen molar-refractivity contribution in [2.24, 2.45) is 0 Å². The Morgan fingerprint density at radius 3 is 2.75 bits per heavy atom. The third-order valence-electron chi connectivity index (χ3n) is 6.52. The van der Waals surface area contributed by atoms with Crippen LogP contribution in [0.15, 0.2) is 48.2 Å². The molecule has 0 spiro atoms. The predicted octanol–water partition coefficient (Wildman–Crippen LogP) is 4.90. The van der Waals surface area contributed by atoms with Gasteiger partial charge in [-0.25, -0.2) is 0 Å². The number of ketones is 1. The summed E-state index contributed by atoms with van der Waals surface area (Å²) in [5.74, 6) is 3.40. The Hall–Kier alpha value is -3.72. The van der Waals surface area contributed by atoms with Gasteiger partial charge in [0.1, 0.15) is 24.0 Å². The van der Waals surface area contributed by atoms with E-state index in [0.29, 0.717) is 59.8 Å². The zero-order chi connectivity index (χ0) is 24.2. The number of rotatable bonds is 3. The van der Waals surface area contributed by atoms with Gasteiger partial charge in [0.15, 0.2) is 24.1 Å². The van der Waals surface area contributed by atoms with E-state index in [2.05, 4.69) is 4.90 Å². The number of Topliss-reactive ketones (excluding diaryl/α,β-unsaturated/α-hetero) is 1. The first-order chi connectivity index (χ1) is 17.6. The van der Waals surface area contributed by atoms with Crippen molar-refractivity contribution in [1.29, 1.82) is 0 Å². The van der Waals surface area contributed by atoms with Gasteiger partial charge < -0.3 is 28.4 Å². The molecule has 9 heteroatoms. The second kappa shape index (κ2) is 8.44. The number of hydrogen-bond acceptors (Lipinski definition) is 8. The standard InChI is InChI=1S/C27H20ClNO7/c28-18-6-16(26-17(7-18)11-31-13-35-26)8-24-25(30)19-2-4-21-20(27(19)36-24)10-29(12-32-21)9-15-1-3-22-23(5-15)34-14-33-22/h1-8H,9-14H2/b24-8-. The highest BCUT2D eigenvalue weighted by Crippen LogP contribution is 2.43. The molecule has 0 atom stereocenters. The van der Waals surface area contributed by atoms with Gasteiger partial charge in [0.25, 0.3) is 0 Å². The smallest absolute Gasteiger partial charge is 0.231 e. The molecule has 0 saturated carbocycles. The first-order valence-corrected chi connectivity index (χ1v) is 11.9. The number of halogens is 1. The minimum Gasteiger partial charge on any atom is -0.478 e. The minimum absolute atomic E-state index is 0.143. The maximum atomic E-state index is 13.2. The van der Waals surface area contributed by atoms with Gasteiger partial charge >= 0.3 is 0 Å². The quantitative estimate of drug-likeness (QED) is 0.465. The van der Waals surface area contributed by atoms with Crippen molar-refractivity contribution in [1.82, 2.24) is 4.90 Å². The van der Waals surface area contributed by atoms with Crippen LogP contribution in [-0.4, -0.2) is 31.0 Å². The first-order valence-electron chi connectivity index (χ1n) is 11.5. The zero-order valence-electron chi connectivity index (χ0n) is 19.0. The Morgan fingerprint density at radius 2 is 1.81 bits per heavy atom. The average Bonchev–Trinajstić information content (AvgIpc) is 3.48. The van der Waals surface area contributed by atoms with Gasteiger partial charge in [-0.2, -0.15) is 0 Å². The molecule has 7 rings (SSSR count). The van der Waals surface area contributed by atoms with Crippen molar-refractivity contribution in [3.8, 4) is 28.7 Å². The summed E-state index contributed by atoms with van der Waals surface area (Å²) in [4.78, 5) is 15.4. The number of carbonyl (C=O) groups excluding carboxylic acids is 1. The van der Waals surface area contributed by atoms with Crippen LogP contribution in [0.5, 0.6) is 28.7 Å². The van der Waals surface area contributed by atoms with Gasteiger partial charge in [0, 0.05) is 29.2 Å². The van der Waals surface area contributed by atoms with Gasteiger partial charge in [0.05, 0.1) is 17.7 Å². The molecular formula is C27H20ClNO7. The fourth-order valence-corrected chi connectivity index (χ4v) is 5.11. The lowest BCUT2D eigenvalue weighted by Crippen LogP contribution is -2.31. The van der Waals surface area contributed by atoms with Crippen LogP contribution in [0.2, 0.25) is 5.02 Å². The van der Waals surface area contributed by atoms with Crippen molar-refractivity contribution in [2.75, 3.05) is 20.3 Å². The maximum absolute atomic E-state index is 13.2. The Bertz CT molecular complexity index is 1450. The van der Waals surface area contributed by atoms with Crippen molar-refractivity contribution in [3.63, 3.8) is 0 Å². The Balaban J connectivity index is 1.17. The highest BCUT2D eigenvalue weighted by atomic mass is 35.5. The number of hydrogen-bond donors (Lipinski definition) is 0. The number of fused-ring (bicyclic) bond motifs is 5. The predicted molar refractivity (Wildman–Crippen MR) is 128 cm³/mol. The maximum Gasteiger partial charge on any atom is 0.231 e. The fraction of sp³-hybridized carbons (Fsp3) is 0.222. The van der Waals surface area contributed by atoms with Gasteiger partial charge in [-0.15, -0.1) is 0 Å². The lowest BCUT2D eigenvalue weighted by atomic mass is 10.0. The SMILES string of the molecule is O=C1/C(=C/c2cc(Cl)cc3c2OCOC3)Oc2c1ccc1c2CN(Cc2ccc3c(c2)OCO3)CO1. The van der Waals surface area contributed by atoms with Crippen molar-refractivity contribution in [2.45, 2.75) is 19.7 Å². The van der Waals surface area contributed by atoms with E-state index >= 15 is 0 Å². The Labute approximate surface area is 211 Å². The van der Waals surface area contributed by atoms with Crippen LogP contribution in [0.25, 0.3) is 6.08 Å². The molecule has 0 aromatic heterocycles. The molecule has 8 nitrogen and oxygen atoms in total. The normalized spacial score (nSPS) is 18.7. The van der Waals surface area contributed by atoms with E-state index in [1.807, 2.05) is 24.3 Å². The molecule has 0 radical (unpaired) electrons. The third-order valence-corrected chi connectivity index (χ3v) is 6.73. The van der Waals surface area contributed by atoms with Crippen LogP contribution >= 0.6 is 11.6 Å². The largest absolute Gasteiger partial charge is 0.478 e. The molecule has 0 saturated heterocycles. The van der Waals surface area contributed by atoms with Crippen LogP contribution in [0.4, 0.5) is 0 Å². The van der Waals surface area contributed by atoms with Crippen molar-refractivity contribution < 1.29 is 33.2 Å². The van der Waals surface area contributed by atoms with Crippen LogP contribution in [0.1, 0.15) is 32.6 Å². The molecule has 4 heterocycles. The molecule has 0 aliphatic carbocycles. The summed E-state index contributed by atoms with van der Waals surface area (Å²) >= 11 is 6.30. The number of allylic oxidation sites excluding steroid dienone is 1. The highest BCUT2D eigenvalue weighted by molar-refractivity contribution is 6.31. The van der Waals surface area contributed by atoms with E-state index in [0.717, 1.165) is 28.2 Å². The number of carbonyl (C=O) groups is 1. The number of nitrogens with zero attached hydrogens (tertiary/aromatic N) is 1. The summed E-state index contributed by atoms with van der Waals surface area (Å²) in [6.45, 7) is 2.41.